The Bertz CT molecular complexity index is 216. The standard InChI is InChI=1S/C10H17F2NO/c1-14-8-9(2-3-9)6-13-5-4-10(11,12)7-13/h2-8H2,1H3. The van der Waals surface area contributed by atoms with Gasteiger partial charge in [-0.2, -0.15) is 0 Å². The van der Waals surface area contributed by atoms with E-state index in [2.05, 4.69) is 0 Å². The van der Waals surface area contributed by atoms with Gasteiger partial charge in [-0.15, -0.1) is 0 Å². The van der Waals surface area contributed by atoms with Gasteiger partial charge in [-0.3, -0.25) is 4.90 Å². The van der Waals surface area contributed by atoms with Crippen LogP contribution < -0.4 is 0 Å². The van der Waals surface area contributed by atoms with Crippen molar-refractivity contribution in [2.75, 3.05) is 33.4 Å². The van der Waals surface area contributed by atoms with Crippen LogP contribution in [-0.4, -0.2) is 44.2 Å². The van der Waals surface area contributed by atoms with Crippen molar-refractivity contribution in [2.45, 2.75) is 25.2 Å². The molecule has 1 saturated carbocycles. The van der Waals surface area contributed by atoms with Crippen LogP contribution in [0.5, 0.6) is 0 Å². The van der Waals surface area contributed by atoms with Crippen molar-refractivity contribution in [3.8, 4) is 0 Å². The molecule has 82 valence electrons. The lowest BCUT2D eigenvalue weighted by Crippen LogP contribution is -2.32. The van der Waals surface area contributed by atoms with Gasteiger partial charge in [0.15, 0.2) is 0 Å². The van der Waals surface area contributed by atoms with E-state index in [-0.39, 0.29) is 18.4 Å². The normalized spacial score (nSPS) is 29.4. The van der Waals surface area contributed by atoms with Crippen LogP contribution in [-0.2, 0) is 4.74 Å². The third-order valence-electron chi connectivity index (χ3n) is 3.22. The SMILES string of the molecule is COCC1(CN2CCC(F)(F)C2)CC1. The third-order valence-corrected chi connectivity index (χ3v) is 3.22. The molecular weight excluding hydrogens is 188 g/mol. The second-order valence-electron chi connectivity index (χ2n) is 4.75. The maximum atomic E-state index is 12.9. The van der Waals surface area contributed by atoms with Crippen LogP contribution in [0, 0.1) is 5.41 Å². The highest BCUT2D eigenvalue weighted by Gasteiger charge is 2.47. The summed E-state index contributed by atoms with van der Waals surface area (Å²) in [7, 11) is 1.68. The van der Waals surface area contributed by atoms with Gasteiger partial charge in [-0.1, -0.05) is 0 Å². The van der Waals surface area contributed by atoms with Gasteiger partial charge >= 0.3 is 0 Å². The first kappa shape index (κ1) is 10.3. The van der Waals surface area contributed by atoms with Crippen molar-refractivity contribution in [1.82, 2.24) is 4.90 Å². The third kappa shape index (κ3) is 2.23. The van der Waals surface area contributed by atoms with E-state index in [1.54, 1.807) is 7.11 Å². The molecule has 0 spiro atoms. The van der Waals surface area contributed by atoms with Crippen molar-refractivity contribution in [3.05, 3.63) is 0 Å². The molecule has 14 heavy (non-hydrogen) atoms. The van der Waals surface area contributed by atoms with Crippen LogP contribution in [0.1, 0.15) is 19.3 Å². The molecule has 2 fully saturated rings. The lowest BCUT2D eigenvalue weighted by Gasteiger charge is -2.22. The van der Waals surface area contributed by atoms with Gasteiger partial charge < -0.3 is 4.74 Å². The zero-order valence-corrected chi connectivity index (χ0v) is 8.56. The fraction of sp³-hybridized carbons (Fsp3) is 1.00. The Labute approximate surface area is 83.2 Å². The van der Waals surface area contributed by atoms with Gasteiger partial charge in [0.05, 0.1) is 13.2 Å². The van der Waals surface area contributed by atoms with Crippen LogP contribution in [0.15, 0.2) is 0 Å². The summed E-state index contributed by atoms with van der Waals surface area (Å²) in [6.45, 7) is 1.99. The number of nitrogens with zero attached hydrogens (tertiary/aromatic N) is 1. The summed E-state index contributed by atoms with van der Waals surface area (Å²) in [5.41, 5.74) is 0.204. The molecule has 1 saturated heterocycles. The molecule has 0 N–H and O–H groups in total. The second kappa shape index (κ2) is 3.42. The monoisotopic (exact) mass is 205 g/mol. The topological polar surface area (TPSA) is 12.5 Å². The van der Waals surface area contributed by atoms with Crippen LogP contribution in [0.4, 0.5) is 8.78 Å². The predicted molar refractivity (Wildman–Crippen MR) is 49.5 cm³/mol. The second-order valence-corrected chi connectivity index (χ2v) is 4.75. The molecule has 0 atom stereocenters. The van der Waals surface area contributed by atoms with E-state index in [0.29, 0.717) is 6.54 Å². The van der Waals surface area contributed by atoms with Crippen LogP contribution in [0.3, 0.4) is 0 Å². The molecule has 1 aliphatic carbocycles. The van der Waals surface area contributed by atoms with Crippen molar-refractivity contribution < 1.29 is 13.5 Å². The largest absolute Gasteiger partial charge is 0.384 e. The summed E-state index contributed by atoms with van der Waals surface area (Å²) in [6, 6.07) is 0. The summed E-state index contributed by atoms with van der Waals surface area (Å²) >= 11 is 0. The first-order valence-electron chi connectivity index (χ1n) is 5.14. The zero-order chi connectivity index (χ0) is 10.2. The summed E-state index contributed by atoms with van der Waals surface area (Å²) < 4.78 is 30.9. The molecule has 0 radical (unpaired) electrons. The van der Waals surface area contributed by atoms with Gasteiger partial charge in [-0.25, -0.2) is 8.78 Å². The predicted octanol–water partition coefficient (Wildman–Crippen LogP) is 1.75. The molecule has 1 heterocycles. The Morgan fingerprint density at radius 1 is 1.29 bits per heavy atom. The van der Waals surface area contributed by atoms with Crippen molar-refractivity contribution in [2.24, 2.45) is 5.41 Å². The summed E-state index contributed by atoms with van der Waals surface area (Å²) in [4.78, 5) is 1.88. The van der Waals surface area contributed by atoms with Gasteiger partial charge in [0, 0.05) is 32.0 Å². The van der Waals surface area contributed by atoms with Crippen molar-refractivity contribution in [3.63, 3.8) is 0 Å². The van der Waals surface area contributed by atoms with Crippen molar-refractivity contribution >= 4 is 0 Å². The minimum atomic E-state index is -2.46. The Kier molecular flexibility index (Phi) is 2.52. The van der Waals surface area contributed by atoms with E-state index in [1.807, 2.05) is 4.90 Å². The van der Waals surface area contributed by atoms with Gasteiger partial charge in [-0.05, 0) is 12.8 Å². The summed E-state index contributed by atoms with van der Waals surface area (Å²) in [6.07, 6.45) is 2.28. The van der Waals surface area contributed by atoms with Gasteiger partial charge in [0.1, 0.15) is 0 Å². The number of rotatable bonds is 4. The van der Waals surface area contributed by atoms with Gasteiger partial charge in [0.2, 0.25) is 0 Å². The number of likely N-dealkylation sites (tertiary alicyclic amines) is 1. The number of ether oxygens (including phenoxy) is 1. The lowest BCUT2D eigenvalue weighted by atomic mass is 10.1. The molecule has 0 amide bonds. The van der Waals surface area contributed by atoms with E-state index in [0.717, 1.165) is 26.0 Å². The minimum Gasteiger partial charge on any atom is -0.384 e. The molecule has 0 aromatic carbocycles. The van der Waals surface area contributed by atoms with Crippen LogP contribution in [0.2, 0.25) is 0 Å². The molecule has 2 rings (SSSR count). The molecule has 0 aromatic heterocycles. The fourth-order valence-corrected chi connectivity index (χ4v) is 2.25. The highest BCUT2D eigenvalue weighted by Crippen LogP contribution is 2.47. The van der Waals surface area contributed by atoms with Crippen LogP contribution in [0.25, 0.3) is 0 Å². The quantitative estimate of drug-likeness (QED) is 0.693. The Morgan fingerprint density at radius 3 is 2.43 bits per heavy atom. The lowest BCUT2D eigenvalue weighted by molar-refractivity contribution is 0.00832. The highest BCUT2D eigenvalue weighted by atomic mass is 19.3. The smallest absolute Gasteiger partial charge is 0.261 e. The summed E-state index contributed by atoms with van der Waals surface area (Å²) in [5.74, 6) is -2.46. The number of alkyl halides is 2. The average molecular weight is 205 g/mol. The fourth-order valence-electron chi connectivity index (χ4n) is 2.25. The zero-order valence-electron chi connectivity index (χ0n) is 8.56. The van der Waals surface area contributed by atoms with Crippen molar-refractivity contribution in [1.29, 1.82) is 0 Å². The Morgan fingerprint density at radius 2 is 2.00 bits per heavy atom. The molecule has 0 unspecified atom stereocenters. The Hall–Kier alpha value is -0.220. The molecule has 0 aromatic rings. The summed E-state index contributed by atoms with van der Waals surface area (Å²) in [5, 5.41) is 0. The van der Waals surface area contributed by atoms with Gasteiger partial charge in [0.25, 0.3) is 5.92 Å². The Balaban J connectivity index is 1.82. The molecule has 2 nitrogen and oxygen atoms in total. The maximum Gasteiger partial charge on any atom is 0.261 e. The van der Waals surface area contributed by atoms with E-state index in [9.17, 15) is 8.78 Å². The number of halogens is 2. The molecule has 4 heteroatoms. The first-order valence-corrected chi connectivity index (χ1v) is 5.14. The maximum absolute atomic E-state index is 12.9. The van der Waals surface area contributed by atoms with E-state index < -0.39 is 5.92 Å². The molecule has 1 aliphatic heterocycles. The minimum absolute atomic E-state index is 0.0239. The van der Waals surface area contributed by atoms with Crippen LogP contribution >= 0.6 is 0 Å². The number of hydrogen-bond donors (Lipinski definition) is 0. The highest BCUT2D eigenvalue weighted by molar-refractivity contribution is 4.97. The average Bonchev–Trinajstić information content (AvgIpc) is 2.73. The first-order chi connectivity index (χ1) is 6.55. The van der Waals surface area contributed by atoms with E-state index in [4.69, 9.17) is 4.74 Å². The molecule has 2 aliphatic rings. The number of hydrogen-bond acceptors (Lipinski definition) is 2. The van der Waals surface area contributed by atoms with E-state index in [1.165, 1.54) is 0 Å². The molecule has 0 bridgehead atoms. The molecular formula is C10H17F2NO. The van der Waals surface area contributed by atoms with E-state index >= 15 is 0 Å². The number of methoxy groups -OCH3 is 1.